The first-order valence-electron chi connectivity index (χ1n) is 9.48. The van der Waals surface area contributed by atoms with E-state index in [1.54, 1.807) is 19.4 Å². The van der Waals surface area contributed by atoms with Crippen LogP contribution in [0.3, 0.4) is 0 Å². The molecule has 6 nitrogen and oxygen atoms in total. The Morgan fingerprint density at radius 2 is 2.00 bits per heavy atom. The van der Waals surface area contributed by atoms with Crippen LogP contribution >= 0.6 is 0 Å². The largest absolute Gasteiger partial charge is 0.497 e. The maximum Gasteiger partial charge on any atom is 0.318 e. The van der Waals surface area contributed by atoms with E-state index >= 15 is 0 Å². The molecule has 1 unspecified atom stereocenters. The number of rotatable bonds is 4. The summed E-state index contributed by atoms with van der Waals surface area (Å²) in [5, 5.41) is 3.07. The minimum Gasteiger partial charge on any atom is -0.497 e. The van der Waals surface area contributed by atoms with E-state index < -0.39 is 0 Å². The van der Waals surface area contributed by atoms with Crippen LogP contribution in [-0.2, 0) is 0 Å². The molecule has 28 heavy (non-hydrogen) atoms. The number of halogens is 1. The topological polar surface area (TPSA) is 57.7 Å². The van der Waals surface area contributed by atoms with Crippen molar-refractivity contribution >= 4 is 11.7 Å². The predicted octanol–water partition coefficient (Wildman–Crippen LogP) is 3.60. The second kappa shape index (κ2) is 8.46. The summed E-state index contributed by atoms with van der Waals surface area (Å²) in [7, 11) is 1.62. The van der Waals surface area contributed by atoms with E-state index in [1.165, 1.54) is 6.20 Å². The van der Waals surface area contributed by atoms with Crippen molar-refractivity contribution in [3.8, 4) is 5.75 Å². The van der Waals surface area contributed by atoms with Gasteiger partial charge in [-0.05, 0) is 44.5 Å². The summed E-state index contributed by atoms with van der Waals surface area (Å²) < 4.78 is 19.4. The molecule has 1 aromatic carbocycles. The van der Waals surface area contributed by atoms with Gasteiger partial charge in [-0.15, -0.1) is 0 Å². The van der Waals surface area contributed by atoms with Crippen LogP contribution in [0.15, 0.2) is 42.7 Å². The fourth-order valence-corrected chi connectivity index (χ4v) is 3.80. The van der Waals surface area contributed by atoms with Crippen LogP contribution in [0.1, 0.15) is 32.4 Å². The van der Waals surface area contributed by atoms with Crippen LogP contribution < -0.4 is 15.0 Å². The standard InChI is InChI=1S/C21H27FN4O2/c1-14-12-25(20-8-9-23-11-19(20)22)13-15(2)26(14)21(27)24-16(3)17-6-5-7-18(10-17)28-4/h5-11,14-16H,12-13H2,1-4H3,(H,24,27)/t14-,15-,16?/m1/s1. The first kappa shape index (κ1) is 19.9. The molecule has 3 rings (SSSR count). The van der Waals surface area contributed by atoms with E-state index in [2.05, 4.69) is 10.3 Å². The third-order valence-corrected chi connectivity index (χ3v) is 5.18. The molecule has 1 saturated heterocycles. The second-order valence-electron chi connectivity index (χ2n) is 7.29. The number of benzene rings is 1. The quantitative estimate of drug-likeness (QED) is 0.872. The van der Waals surface area contributed by atoms with E-state index in [0.717, 1.165) is 11.3 Å². The van der Waals surface area contributed by atoms with Gasteiger partial charge in [0.2, 0.25) is 0 Å². The molecule has 2 heterocycles. The Morgan fingerprint density at radius 3 is 2.64 bits per heavy atom. The van der Waals surface area contributed by atoms with Crippen LogP contribution in [0, 0.1) is 5.82 Å². The maximum absolute atomic E-state index is 14.1. The molecule has 0 saturated carbocycles. The smallest absolute Gasteiger partial charge is 0.318 e. The van der Waals surface area contributed by atoms with E-state index in [4.69, 9.17) is 4.74 Å². The number of carbonyl (C=O) groups is 1. The van der Waals surface area contributed by atoms with Crippen molar-refractivity contribution in [2.24, 2.45) is 0 Å². The van der Waals surface area contributed by atoms with Crippen molar-refractivity contribution in [3.05, 3.63) is 54.1 Å². The van der Waals surface area contributed by atoms with Crippen LogP contribution in [0.4, 0.5) is 14.9 Å². The molecule has 150 valence electrons. The Hall–Kier alpha value is -2.83. The molecule has 3 atom stereocenters. The lowest BCUT2D eigenvalue weighted by atomic mass is 10.1. The van der Waals surface area contributed by atoms with Crippen molar-refractivity contribution < 1.29 is 13.9 Å². The number of nitrogens with zero attached hydrogens (tertiary/aromatic N) is 3. The SMILES string of the molecule is COc1cccc(C(C)NC(=O)N2[C@H](C)CN(c3ccncc3F)C[C@H]2C)c1. The number of piperazine rings is 1. The van der Waals surface area contributed by atoms with Gasteiger partial charge >= 0.3 is 6.03 Å². The Balaban J connectivity index is 1.68. The molecule has 1 aliphatic heterocycles. The average molecular weight is 386 g/mol. The molecule has 1 aliphatic rings. The minimum atomic E-state index is -0.341. The number of amides is 2. The third kappa shape index (κ3) is 4.18. The third-order valence-electron chi connectivity index (χ3n) is 5.18. The van der Waals surface area contributed by atoms with Gasteiger partial charge in [-0.25, -0.2) is 9.18 Å². The Morgan fingerprint density at radius 1 is 1.29 bits per heavy atom. The van der Waals surface area contributed by atoms with Gasteiger partial charge in [0.25, 0.3) is 0 Å². The lowest BCUT2D eigenvalue weighted by molar-refractivity contribution is 0.139. The molecule has 0 spiro atoms. The molecule has 0 aliphatic carbocycles. The molecule has 0 radical (unpaired) electrons. The number of hydrogen-bond acceptors (Lipinski definition) is 4. The van der Waals surface area contributed by atoms with Crippen molar-refractivity contribution in [1.82, 2.24) is 15.2 Å². The fraction of sp³-hybridized carbons (Fsp3) is 0.429. The van der Waals surface area contributed by atoms with E-state index in [1.807, 2.05) is 54.8 Å². The van der Waals surface area contributed by atoms with Gasteiger partial charge in [0.05, 0.1) is 25.0 Å². The molecule has 0 bridgehead atoms. The van der Waals surface area contributed by atoms with E-state index in [0.29, 0.717) is 18.8 Å². The number of methoxy groups -OCH3 is 1. The van der Waals surface area contributed by atoms with Gasteiger partial charge in [-0.2, -0.15) is 0 Å². The summed E-state index contributed by atoms with van der Waals surface area (Å²) in [6.07, 6.45) is 2.81. The zero-order valence-electron chi connectivity index (χ0n) is 16.7. The molecule has 7 heteroatoms. The van der Waals surface area contributed by atoms with Gasteiger partial charge in [0.15, 0.2) is 5.82 Å². The number of nitrogens with one attached hydrogen (secondary N) is 1. The lowest BCUT2D eigenvalue weighted by Gasteiger charge is -2.45. The summed E-state index contributed by atoms with van der Waals surface area (Å²) in [5.41, 5.74) is 1.50. The molecule has 1 aromatic heterocycles. The lowest BCUT2D eigenvalue weighted by Crippen LogP contribution is -2.61. The first-order valence-corrected chi connectivity index (χ1v) is 9.48. The normalized spacial score (nSPS) is 20.6. The summed E-state index contributed by atoms with van der Waals surface area (Å²) in [5.74, 6) is 0.416. The number of urea groups is 1. The monoisotopic (exact) mass is 386 g/mol. The predicted molar refractivity (Wildman–Crippen MR) is 107 cm³/mol. The zero-order valence-corrected chi connectivity index (χ0v) is 16.7. The molecule has 1 N–H and O–H groups in total. The molecule has 2 aromatic rings. The zero-order chi connectivity index (χ0) is 20.3. The number of anilines is 1. The Bertz CT molecular complexity index is 820. The van der Waals surface area contributed by atoms with E-state index in [9.17, 15) is 9.18 Å². The first-order chi connectivity index (χ1) is 13.4. The van der Waals surface area contributed by atoms with Gasteiger partial charge < -0.3 is 19.9 Å². The number of hydrogen-bond donors (Lipinski definition) is 1. The summed E-state index contributed by atoms with van der Waals surface area (Å²) in [4.78, 5) is 20.6. The number of ether oxygens (including phenoxy) is 1. The van der Waals surface area contributed by atoms with Crippen LogP contribution in [0.5, 0.6) is 5.75 Å². The fourth-order valence-electron chi connectivity index (χ4n) is 3.80. The van der Waals surface area contributed by atoms with Gasteiger partial charge in [-0.1, -0.05) is 12.1 Å². The van der Waals surface area contributed by atoms with Crippen molar-refractivity contribution in [3.63, 3.8) is 0 Å². The van der Waals surface area contributed by atoms with Gasteiger partial charge in [-0.3, -0.25) is 4.98 Å². The highest BCUT2D eigenvalue weighted by Crippen LogP contribution is 2.25. The van der Waals surface area contributed by atoms with Crippen LogP contribution in [0.2, 0.25) is 0 Å². The molecule has 1 fully saturated rings. The van der Waals surface area contributed by atoms with Crippen molar-refractivity contribution in [2.75, 3.05) is 25.1 Å². The summed E-state index contributed by atoms with van der Waals surface area (Å²) in [6, 6.07) is 8.94. The second-order valence-corrected chi connectivity index (χ2v) is 7.29. The number of aromatic nitrogens is 1. The molecule has 2 amide bonds. The maximum atomic E-state index is 14.1. The summed E-state index contributed by atoms with van der Waals surface area (Å²) in [6.45, 7) is 7.04. The highest BCUT2D eigenvalue weighted by Gasteiger charge is 2.34. The van der Waals surface area contributed by atoms with Crippen molar-refractivity contribution in [1.29, 1.82) is 0 Å². The Labute approximate surface area is 165 Å². The Kier molecular flexibility index (Phi) is 6.02. The van der Waals surface area contributed by atoms with Crippen molar-refractivity contribution in [2.45, 2.75) is 38.9 Å². The van der Waals surface area contributed by atoms with Crippen LogP contribution in [0.25, 0.3) is 0 Å². The number of pyridine rings is 1. The van der Waals surface area contributed by atoms with Gasteiger partial charge in [0, 0.05) is 31.4 Å². The number of carbonyl (C=O) groups excluding carboxylic acids is 1. The molecular weight excluding hydrogens is 359 g/mol. The highest BCUT2D eigenvalue weighted by atomic mass is 19.1. The highest BCUT2D eigenvalue weighted by molar-refractivity contribution is 5.76. The molecular formula is C21H27FN4O2. The minimum absolute atomic E-state index is 0.0613. The van der Waals surface area contributed by atoms with E-state index in [-0.39, 0.29) is 30.0 Å². The summed E-state index contributed by atoms with van der Waals surface area (Å²) >= 11 is 0. The average Bonchev–Trinajstić information content (AvgIpc) is 2.67. The van der Waals surface area contributed by atoms with Crippen LogP contribution in [-0.4, -0.2) is 48.2 Å². The van der Waals surface area contributed by atoms with Gasteiger partial charge in [0.1, 0.15) is 5.75 Å².